The van der Waals surface area contributed by atoms with E-state index in [-0.39, 0.29) is 18.0 Å². The van der Waals surface area contributed by atoms with E-state index in [0.717, 1.165) is 18.5 Å². The summed E-state index contributed by atoms with van der Waals surface area (Å²) in [5.74, 6) is 0.165. The third-order valence-electron chi connectivity index (χ3n) is 4.10. The highest BCUT2D eigenvalue weighted by molar-refractivity contribution is 5.81. The molecule has 1 N–H and O–H groups in total. The minimum atomic E-state index is -0.175. The number of hydrogen-bond acceptors (Lipinski definition) is 4. The molecule has 1 aromatic rings. The average molecular weight is 275 g/mol. The van der Waals surface area contributed by atoms with Crippen molar-refractivity contribution in [1.29, 1.82) is 0 Å². The first kappa shape index (κ1) is 13.5. The molecule has 1 saturated heterocycles. The number of morpholine rings is 1. The minimum absolute atomic E-state index is 0.165. The SMILES string of the molecule is CC(NC1CCc2cccnc21)C(=O)N1CCOCC1. The van der Waals surface area contributed by atoms with Crippen LogP contribution in [0, 0.1) is 0 Å². The summed E-state index contributed by atoms with van der Waals surface area (Å²) in [6.07, 6.45) is 3.89. The average Bonchev–Trinajstić information content (AvgIpc) is 2.91. The van der Waals surface area contributed by atoms with Crippen LogP contribution in [-0.2, 0) is 16.0 Å². The Kier molecular flexibility index (Phi) is 3.98. The lowest BCUT2D eigenvalue weighted by atomic mass is 10.1. The second-order valence-corrected chi connectivity index (χ2v) is 5.47. The van der Waals surface area contributed by atoms with E-state index in [1.165, 1.54) is 5.56 Å². The number of nitrogens with zero attached hydrogens (tertiary/aromatic N) is 2. The van der Waals surface area contributed by atoms with Gasteiger partial charge in [0.25, 0.3) is 0 Å². The summed E-state index contributed by atoms with van der Waals surface area (Å²) in [5.41, 5.74) is 2.41. The van der Waals surface area contributed by atoms with Gasteiger partial charge in [0, 0.05) is 19.3 Å². The highest BCUT2D eigenvalue weighted by Gasteiger charge is 2.29. The van der Waals surface area contributed by atoms with Gasteiger partial charge < -0.3 is 9.64 Å². The number of carbonyl (C=O) groups is 1. The van der Waals surface area contributed by atoms with Gasteiger partial charge in [-0.2, -0.15) is 0 Å². The van der Waals surface area contributed by atoms with Gasteiger partial charge in [-0.05, 0) is 31.4 Å². The summed E-state index contributed by atoms with van der Waals surface area (Å²) in [6.45, 7) is 4.63. The number of rotatable bonds is 3. The molecule has 2 aliphatic rings. The van der Waals surface area contributed by atoms with Crippen molar-refractivity contribution >= 4 is 5.91 Å². The van der Waals surface area contributed by atoms with E-state index >= 15 is 0 Å². The highest BCUT2D eigenvalue weighted by Crippen LogP contribution is 2.29. The van der Waals surface area contributed by atoms with Crippen molar-refractivity contribution in [2.75, 3.05) is 26.3 Å². The molecule has 0 bridgehead atoms. The smallest absolute Gasteiger partial charge is 0.239 e. The Hall–Kier alpha value is -1.46. The monoisotopic (exact) mass is 275 g/mol. The van der Waals surface area contributed by atoms with Crippen molar-refractivity contribution in [2.24, 2.45) is 0 Å². The highest BCUT2D eigenvalue weighted by atomic mass is 16.5. The van der Waals surface area contributed by atoms with E-state index in [1.807, 2.05) is 24.1 Å². The first-order valence-electron chi connectivity index (χ1n) is 7.32. The topological polar surface area (TPSA) is 54.5 Å². The van der Waals surface area contributed by atoms with Crippen LogP contribution in [0.4, 0.5) is 0 Å². The van der Waals surface area contributed by atoms with Gasteiger partial charge in [-0.3, -0.25) is 15.1 Å². The Balaban J connectivity index is 1.62. The fourth-order valence-electron chi connectivity index (χ4n) is 3.01. The molecule has 1 aromatic heterocycles. The van der Waals surface area contributed by atoms with Crippen LogP contribution in [0.1, 0.15) is 30.6 Å². The lowest BCUT2D eigenvalue weighted by molar-refractivity contribution is -0.137. The fourth-order valence-corrected chi connectivity index (χ4v) is 3.01. The van der Waals surface area contributed by atoms with Gasteiger partial charge in [0.05, 0.1) is 31.0 Å². The number of ether oxygens (including phenoxy) is 1. The maximum absolute atomic E-state index is 12.4. The molecule has 2 unspecified atom stereocenters. The van der Waals surface area contributed by atoms with E-state index in [9.17, 15) is 4.79 Å². The molecule has 108 valence electrons. The Morgan fingerprint density at radius 1 is 1.50 bits per heavy atom. The Labute approximate surface area is 119 Å². The van der Waals surface area contributed by atoms with Gasteiger partial charge in [0.15, 0.2) is 0 Å². The number of pyridine rings is 1. The molecule has 5 heteroatoms. The summed E-state index contributed by atoms with van der Waals surface area (Å²) in [4.78, 5) is 18.7. The number of aromatic nitrogens is 1. The van der Waals surface area contributed by atoms with Crippen molar-refractivity contribution in [3.05, 3.63) is 29.6 Å². The second-order valence-electron chi connectivity index (χ2n) is 5.47. The van der Waals surface area contributed by atoms with E-state index in [4.69, 9.17) is 4.74 Å². The van der Waals surface area contributed by atoms with E-state index in [1.54, 1.807) is 0 Å². The molecular weight excluding hydrogens is 254 g/mol. The predicted molar refractivity (Wildman–Crippen MR) is 75.3 cm³/mol. The summed E-state index contributed by atoms with van der Waals surface area (Å²) in [5, 5.41) is 3.44. The lowest BCUT2D eigenvalue weighted by Gasteiger charge is -2.30. The molecule has 1 amide bonds. The Morgan fingerprint density at radius 2 is 2.30 bits per heavy atom. The molecule has 5 nitrogen and oxygen atoms in total. The number of nitrogens with one attached hydrogen (secondary N) is 1. The molecule has 0 aromatic carbocycles. The third-order valence-corrected chi connectivity index (χ3v) is 4.10. The second kappa shape index (κ2) is 5.89. The largest absolute Gasteiger partial charge is 0.378 e. The van der Waals surface area contributed by atoms with Gasteiger partial charge in [-0.15, -0.1) is 0 Å². The minimum Gasteiger partial charge on any atom is -0.378 e. The number of aryl methyl sites for hydroxylation is 1. The summed E-state index contributed by atoms with van der Waals surface area (Å²) in [7, 11) is 0. The molecule has 1 fully saturated rings. The molecular formula is C15H21N3O2. The zero-order valence-corrected chi connectivity index (χ0v) is 11.8. The quantitative estimate of drug-likeness (QED) is 0.891. The molecule has 0 radical (unpaired) electrons. The molecule has 2 heterocycles. The lowest BCUT2D eigenvalue weighted by Crippen LogP contribution is -2.49. The maximum atomic E-state index is 12.4. The van der Waals surface area contributed by atoms with Crippen molar-refractivity contribution in [2.45, 2.75) is 31.8 Å². The molecule has 2 atom stereocenters. The van der Waals surface area contributed by atoms with Crippen LogP contribution in [0.15, 0.2) is 18.3 Å². The van der Waals surface area contributed by atoms with Crippen LogP contribution in [0.2, 0.25) is 0 Å². The summed E-state index contributed by atoms with van der Waals surface area (Å²) < 4.78 is 5.29. The molecule has 1 aliphatic heterocycles. The standard InChI is InChI=1S/C15H21N3O2/c1-11(15(19)18-7-9-20-10-8-18)17-13-5-4-12-3-2-6-16-14(12)13/h2-3,6,11,13,17H,4-5,7-10H2,1H3. The van der Waals surface area contributed by atoms with Crippen molar-refractivity contribution < 1.29 is 9.53 Å². The predicted octanol–water partition coefficient (Wildman–Crippen LogP) is 0.906. The van der Waals surface area contributed by atoms with Crippen molar-refractivity contribution in [3.63, 3.8) is 0 Å². The van der Waals surface area contributed by atoms with Crippen LogP contribution >= 0.6 is 0 Å². The summed E-state index contributed by atoms with van der Waals surface area (Å²) >= 11 is 0. The zero-order valence-electron chi connectivity index (χ0n) is 11.8. The number of amides is 1. The van der Waals surface area contributed by atoms with Gasteiger partial charge in [-0.1, -0.05) is 6.07 Å². The first-order valence-corrected chi connectivity index (χ1v) is 7.32. The number of carbonyl (C=O) groups excluding carboxylic acids is 1. The van der Waals surface area contributed by atoms with Gasteiger partial charge >= 0.3 is 0 Å². The Bertz CT molecular complexity index is 486. The summed E-state index contributed by atoms with van der Waals surface area (Å²) in [6, 6.07) is 4.12. The van der Waals surface area contributed by atoms with Crippen LogP contribution in [0.5, 0.6) is 0 Å². The van der Waals surface area contributed by atoms with Crippen molar-refractivity contribution in [1.82, 2.24) is 15.2 Å². The van der Waals surface area contributed by atoms with E-state index < -0.39 is 0 Å². The fraction of sp³-hybridized carbons (Fsp3) is 0.600. The van der Waals surface area contributed by atoms with E-state index in [0.29, 0.717) is 26.3 Å². The molecule has 1 aliphatic carbocycles. The molecule has 20 heavy (non-hydrogen) atoms. The van der Waals surface area contributed by atoms with Gasteiger partial charge in [-0.25, -0.2) is 0 Å². The normalized spacial score (nSPS) is 23.4. The van der Waals surface area contributed by atoms with Gasteiger partial charge in [0.1, 0.15) is 0 Å². The van der Waals surface area contributed by atoms with Gasteiger partial charge in [0.2, 0.25) is 5.91 Å². The molecule has 0 spiro atoms. The number of hydrogen-bond donors (Lipinski definition) is 1. The van der Waals surface area contributed by atoms with Crippen LogP contribution < -0.4 is 5.32 Å². The maximum Gasteiger partial charge on any atom is 0.239 e. The Morgan fingerprint density at radius 3 is 3.10 bits per heavy atom. The number of fused-ring (bicyclic) bond motifs is 1. The van der Waals surface area contributed by atoms with Crippen LogP contribution in [0.3, 0.4) is 0 Å². The third kappa shape index (κ3) is 2.69. The van der Waals surface area contributed by atoms with E-state index in [2.05, 4.69) is 16.4 Å². The first-order chi connectivity index (χ1) is 9.75. The van der Waals surface area contributed by atoms with Crippen LogP contribution in [-0.4, -0.2) is 48.1 Å². The zero-order chi connectivity index (χ0) is 13.9. The van der Waals surface area contributed by atoms with Crippen molar-refractivity contribution in [3.8, 4) is 0 Å². The van der Waals surface area contributed by atoms with Crippen LogP contribution in [0.25, 0.3) is 0 Å². The molecule has 3 rings (SSSR count). The molecule has 0 saturated carbocycles.